The minimum atomic E-state index is -1.10. The first-order valence-electron chi connectivity index (χ1n) is 12.1. The van der Waals surface area contributed by atoms with Gasteiger partial charge in [0.05, 0.1) is 18.4 Å². The Bertz CT molecular complexity index is 1350. The second-order valence-electron chi connectivity index (χ2n) is 9.08. The number of amides is 4. The number of fused-ring (bicyclic) bond motifs is 2. The summed E-state index contributed by atoms with van der Waals surface area (Å²) in [6, 6.07) is 9.69. The Kier molecular flexibility index (Phi) is 9.26. The van der Waals surface area contributed by atoms with Gasteiger partial charge in [-0.05, 0) is 18.4 Å². The van der Waals surface area contributed by atoms with E-state index in [1.165, 1.54) is 31.4 Å². The lowest BCUT2D eigenvalue weighted by Crippen LogP contribution is -2.49. The standard InChI is InChI=1S/C27H28N4O8/c1-14(2)13-19(27(38)39-3)31-26(37)24(35)29-12-11-28-23(34)25(36)30-18-10-6-9-17-20(18)22(33)16-8-5-4-7-15(16)21(17)32/h4-10,14,19H,11-13H2,1-3H3,(H,28,34)(H,29,35)(H,30,36)(H,31,37). The highest BCUT2D eigenvalue weighted by Gasteiger charge is 2.32. The van der Waals surface area contributed by atoms with Gasteiger partial charge in [-0.2, -0.15) is 0 Å². The van der Waals surface area contributed by atoms with E-state index in [0.29, 0.717) is 0 Å². The van der Waals surface area contributed by atoms with Crippen LogP contribution in [0.5, 0.6) is 0 Å². The van der Waals surface area contributed by atoms with Gasteiger partial charge >= 0.3 is 29.6 Å². The Balaban J connectivity index is 1.53. The smallest absolute Gasteiger partial charge is 0.328 e. The van der Waals surface area contributed by atoms with Gasteiger partial charge in [0.2, 0.25) is 0 Å². The van der Waals surface area contributed by atoms with Crippen molar-refractivity contribution in [2.24, 2.45) is 5.92 Å². The van der Waals surface area contributed by atoms with Gasteiger partial charge in [-0.15, -0.1) is 0 Å². The van der Waals surface area contributed by atoms with Gasteiger partial charge in [0.1, 0.15) is 6.04 Å². The van der Waals surface area contributed by atoms with Crippen LogP contribution in [0.25, 0.3) is 0 Å². The van der Waals surface area contributed by atoms with Crippen LogP contribution < -0.4 is 21.3 Å². The molecule has 12 heteroatoms. The van der Waals surface area contributed by atoms with Crippen molar-refractivity contribution in [1.29, 1.82) is 0 Å². The van der Waals surface area contributed by atoms with Crippen LogP contribution in [0.3, 0.4) is 0 Å². The van der Waals surface area contributed by atoms with E-state index >= 15 is 0 Å². The summed E-state index contributed by atoms with van der Waals surface area (Å²) in [5.41, 5.74) is 0.562. The molecule has 0 fully saturated rings. The lowest BCUT2D eigenvalue weighted by Gasteiger charge is -2.20. The third kappa shape index (κ3) is 6.72. The average Bonchev–Trinajstić information content (AvgIpc) is 2.92. The number of carbonyl (C=O) groups is 7. The van der Waals surface area contributed by atoms with E-state index in [9.17, 15) is 33.6 Å². The highest BCUT2D eigenvalue weighted by Crippen LogP contribution is 2.31. The number of carbonyl (C=O) groups excluding carboxylic acids is 7. The number of rotatable bonds is 8. The van der Waals surface area contributed by atoms with Gasteiger partial charge < -0.3 is 26.0 Å². The maximum atomic E-state index is 13.0. The molecule has 4 amide bonds. The van der Waals surface area contributed by atoms with Crippen molar-refractivity contribution in [3.63, 3.8) is 0 Å². The Hall–Kier alpha value is -4.87. The summed E-state index contributed by atoms with van der Waals surface area (Å²) < 4.78 is 4.64. The van der Waals surface area contributed by atoms with Crippen LogP contribution in [-0.2, 0) is 28.7 Å². The van der Waals surface area contributed by atoms with Crippen LogP contribution in [0.1, 0.15) is 52.1 Å². The molecule has 4 N–H and O–H groups in total. The maximum Gasteiger partial charge on any atom is 0.328 e. The van der Waals surface area contributed by atoms with Crippen molar-refractivity contribution in [3.8, 4) is 0 Å². The summed E-state index contributed by atoms with van der Waals surface area (Å²) in [6.45, 7) is 3.28. The molecule has 2 aromatic carbocycles. The van der Waals surface area contributed by atoms with Crippen LogP contribution in [0.15, 0.2) is 42.5 Å². The molecule has 0 spiro atoms. The molecule has 2 aromatic rings. The molecule has 0 aliphatic heterocycles. The van der Waals surface area contributed by atoms with Crippen LogP contribution in [-0.4, -0.2) is 67.4 Å². The lowest BCUT2D eigenvalue weighted by atomic mass is 9.83. The second-order valence-corrected chi connectivity index (χ2v) is 9.08. The molecule has 1 aliphatic carbocycles. The van der Waals surface area contributed by atoms with Crippen molar-refractivity contribution in [2.75, 3.05) is 25.5 Å². The Morgan fingerprint density at radius 2 is 1.31 bits per heavy atom. The number of hydrogen-bond acceptors (Lipinski definition) is 8. The van der Waals surface area contributed by atoms with E-state index in [4.69, 9.17) is 0 Å². The number of anilines is 1. The normalized spacial score (nSPS) is 12.5. The zero-order valence-corrected chi connectivity index (χ0v) is 21.6. The van der Waals surface area contributed by atoms with Crippen LogP contribution in [0.2, 0.25) is 0 Å². The molecule has 0 bridgehead atoms. The molecule has 0 heterocycles. The van der Waals surface area contributed by atoms with Gasteiger partial charge in [-0.1, -0.05) is 50.2 Å². The van der Waals surface area contributed by atoms with Crippen molar-refractivity contribution in [3.05, 3.63) is 64.7 Å². The monoisotopic (exact) mass is 536 g/mol. The first-order valence-corrected chi connectivity index (χ1v) is 12.1. The maximum absolute atomic E-state index is 13.0. The van der Waals surface area contributed by atoms with Crippen molar-refractivity contribution in [1.82, 2.24) is 16.0 Å². The highest BCUT2D eigenvalue weighted by molar-refractivity contribution is 6.40. The number of benzene rings is 2. The van der Waals surface area contributed by atoms with E-state index < -0.39 is 41.4 Å². The van der Waals surface area contributed by atoms with Gasteiger partial charge in [0, 0.05) is 29.8 Å². The molecule has 0 saturated carbocycles. The number of methoxy groups -OCH3 is 1. The summed E-state index contributed by atoms with van der Waals surface area (Å²) in [7, 11) is 1.17. The SMILES string of the molecule is COC(=O)C(CC(C)C)NC(=O)C(=O)NCCNC(=O)C(=O)Nc1cccc2c1C(=O)c1ccccc1C2=O. The lowest BCUT2D eigenvalue weighted by molar-refractivity contribution is -0.147. The summed E-state index contributed by atoms with van der Waals surface area (Å²) in [4.78, 5) is 86.6. The zero-order valence-electron chi connectivity index (χ0n) is 21.6. The Morgan fingerprint density at radius 1 is 0.744 bits per heavy atom. The Morgan fingerprint density at radius 3 is 1.90 bits per heavy atom. The molecule has 3 rings (SSSR count). The van der Waals surface area contributed by atoms with Crippen LogP contribution in [0.4, 0.5) is 5.69 Å². The highest BCUT2D eigenvalue weighted by atomic mass is 16.5. The minimum absolute atomic E-state index is 0.00651. The average molecular weight is 537 g/mol. The predicted molar refractivity (Wildman–Crippen MR) is 138 cm³/mol. The van der Waals surface area contributed by atoms with E-state index in [1.807, 2.05) is 13.8 Å². The first kappa shape index (κ1) is 28.7. The fourth-order valence-electron chi connectivity index (χ4n) is 3.99. The molecule has 0 radical (unpaired) electrons. The number of ketones is 2. The summed E-state index contributed by atoms with van der Waals surface area (Å²) in [6.07, 6.45) is 0.272. The molecule has 1 aliphatic rings. The number of hydrogen-bond donors (Lipinski definition) is 4. The van der Waals surface area contributed by atoms with Crippen molar-refractivity contribution in [2.45, 2.75) is 26.3 Å². The molecule has 0 saturated heterocycles. The second kappa shape index (κ2) is 12.6. The summed E-state index contributed by atoms with van der Waals surface area (Å²) in [5.74, 6) is -5.71. The molecular weight excluding hydrogens is 508 g/mol. The van der Waals surface area contributed by atoms with E-state index in [2.05, 4.69) is 26.0 Å². The van der Waals surface area contributed by atoms with Gasteiger partial charge in [0.15, 0.2) is 11.6 Å². The van der Waals surface area contributed by atoms with E-state index in [0.717, 1.165) is 0 Å². The fourth-order valence-corrected chi connectivity index (χ4v) is 3.99. The third-order valence-electron chi connectivity index (χ3n) is 5.81. The largest absolute Gasteiger partial charge is 0.467 e. The summed E-state index contributed by atoms with van der Waals surface area (Å²) >= 11 is 0. The van der Waals surface area contributed by atoms with E-state index in [1.54, 1.807) is 18.2 Å². The van der Waals surface area contributed by atoms with Gasteiger partial charge in [0.25, 0.3) is 0 Å². The van der Waals surface area contributed by atoms with Gasteiger partial charge in [-0.25, -0.2) is 4.79 Å². The number of esters is 1. The minimum Gasteiger partial charge on any atom is -0.467 e. The zero-order chi connectivity index (χ0) is 28.7. The molecule has 1 unspecified atom stereocenters. The third-order valence-corrected chi connectivity index (χ3v) is 5.81. The van der Waals surface area contributed by atoms with Crippen LogP contribution >= 0.6 is 0 Å². The molecular formula is C27H28N4O8. The molecule has 1 atom stereocenters. The topological polar surface area (TPSA) is 177 Å². The predicted octanol–water partition coefficient (Wildman–Crippen LogP) is 0.337. The van der Waals surface area contributed by atoms with Crippen molar-refractivity contribution >= 4 is 46.9 Å². The Labute approximate surface area is 223 Å². The molecule has 204 valence electrons. The molecule has 0 aromatic heterocycles. The molecule has 39 heavy (non-hydrogen) atoms. The number of nitrogens with one attached hydrogen (secondary N) is 4. The summed E-state index contributed by atoms with van der Waals surface area (Å²) in [5, 5.41) is 9.21. The van der Waals surface area contributed by atoms with Gasteiger partial charge in [-0.3, -0.25) is 28.8 Å². The van der Waals surface area contributed by atoms with Crippen molar-refractivity contribution < 1.29 is 38.3 Å². The fraction of sp³-hybridized carbons (Fsp3) is 0.296. The van der Waals surface area contributed by atoms with E-state index in [-0.39, 0.29) is 59.2 Å². The quantitative estimate of drug-likeness (QED) is 0.181. The first-order chi connectivity index (χ1) is 18.5. The van der Waals surface area contributed by atoms with Crippen LogP contribution in [0, 0.1) is 5.92 Å². The number of ether oxygens (including phenoxy) is 1. The molecule has 12 nitrogen and oxygen atoms in total.